The molecule has 138 valence electrons. The smallest absolute Gasteiger partial charge is 0.263 e. The summed E-state index contributed by atoms with van der Waals surface area (Å²) in [4.78, 5) is 21.4. The molecule has 1 saturated heterocycles. The molecule has 4 rings (SSSR count). The number of para-hydroxylation sites is 1. The van der Waals surface area contributed by atoms with Crippen molar-refractivity contribution in [3.63, 3.8) is 0 Å². The molecule has 0 aliphatic carbocycles. The molecule has 3 heterocycles. The van der Waals surface area contributed by atoms with Crippen molar-refractivity contribution in [3.05, 3.63) is 41.3 Å². The molecule has 1 aliphatic rings. The number of amides is 1. The number of halogens is 1. The maximum atomic E-state index is 12.9. The Balaban J connectivity index is 0.00000196. The van der Waals surface area contributed by atoms with Gasteiger partial charge in [0.2, 0.25) is 0 Å². The van der Waals surface area contributed by atoms with Gasteiger partial charge in [-0.25, -0.2) is 4.98 Å². The van der Waals surface area contributed by atoms with Crippen molar-refractivity contribution in [1.29, 1.82) is 0 Å². The van der Waals surface area contributed by atoms with Gasteiger partial charge in [0.1, 0.15) is 5.01 Å². The fourth-order valence-electron chi connectivity index (χ4n) is 3.25. The van der Waals surface area contributed by atoms with E-state index < -0.39 is 0 Å². The Hall–Kier alpha value is -1.47. The molecular weight excluding hydrogens is 386 g/mol. The molecule has 2 aromatic heterocycles. The van der Waals surface area contributed by atoms with E-state index in [-0.39, 0.29) is 29.8 Å². The Morgan fingerprint density at radius 3 is 2.73 bits per heavy atom. The number of thiophene rings is 1. The molecule has 0 radical (unpaired) electrons. The van der Waals surface area contributed by atoms with Crippen LogP contribution in [0.2, 0.25) is 0 Å². The summed E-state index contributed by atoms with van der Waals surface area (Å²) in [6.45, 7) is 5.72. The minimum atomic E-state index is -0.0406. The Bertz CT molecular complexity index is 901. The van der Waals surface area contributed by atoms with Crippen molar-refractivity contribution in [2.75, 3.05) is 13.1 Å². The zero-order valence-electron chi connectivity index (χ0n) is 14.8. The number of benzene rings is 1. The van der Waals surface area contributed by atoms with Crippen molar-refractivity contribution < 1.29 is 4.79 Å². The predicted molar refractivity (Wildman–Crippen MR) is 112 cm³/mol. The molecule has 1 aliphatic heterocycles. The molecule has 1 amide bonds. The van der Waals surface area contributed by atoms with Crippen LogP contribution in [0, 0.1) is 5.41 Å². The fourth-order valence-corrected chi connectivity index (χ4v) is 5.24. The number of piperidine rings is 1. The number of thiazole rings is 1. The van der Waals surface area contributed by atoms with Crippen LogP contribution < -0.4 is 5.73 Å². The number of fused-ring (bicyclic) bond motifs is 1. The van der Waals surface area contributed by atoms with Gasteiger partial charge in [0, 0.05) is 19.1 Å². The standard InChI is InChI=1S/C19H21N3OS2.ClH/c1-19(2)11-22(10-9-16(19)20)18(23)15-8-7-14(24-15)17-21-12-5-3-4-6-13(12)25-17;/h3-8,16H,9-11,20H2,1-2H3;1H. The number of likely N-dealkylation sites (tertiary alicyclic amines) is 1. The molecule has 1 unspecified atom stereocenters. The quantitative estimate of drug-likeness (QED) is 0.672. The third-order valence-corrected chi connectivity index (χ3v) is 7.20. The highest BCUT2D eigenvalue weighted by Gasteiger charge is 2.35. The molecule has 26 heavy (non-hydrogen) atoms. The van der Waals surface area contributed by atoms with Gasteiger partial charge in [-0.15, -0.1) is 35.1 Å². The van der Waals surface area contributed by atoms with Crippen LogP contribution in [0.25, 0.3) is 20.1 Å². The maximum absolute atomic E-state index is 12.9. The van der Waals surface area contributed by atoms with Crippen LogP contribution in [0.5, 0.6) is 0 Å². The summed E-state index contributed by atoms with van der Waals surface area (Å²) in [6, 6.07) is 12.2. The van der Waals surface area contributed by atoms with Crippen LogP contribution in [-0.4, -0.2) is 34.9 Å². The fraction of sp³-hybridized carbons (Fsp3) is 0.368. The highest BCUT2D eigenvalue weighted by molar-refractivity contribution is 7.26. The van der Waals surface area contributed by atoms with Crippen LogP contribution in [0.15, 0.2) is 36.4 Å². The molecular formula is C19H22ClN3OS2. The van der Waals surface area contributed by atoms with E-state index in [2.05, 4.69) is 24.9 Å². The molecule has 1 aromatic carbocycles. The average molecular weight is 408 g/mol. The second-order valence-electron chi connectivity index (χ2n) is 7.26. The van der Waals surface area contributed by atoms with Gasteiger partial charge in [-0.3, -0.25) is 4.79 Å². The van der Waals surface area contributed by atoms with E-state index in [1.807, 2.05) is 35.2 Å². The predicted octanol–water partition coefficient (Wildman–Crippen LogP) is 4.65. The number of carbonyl (C=O) groups excluding carboxylic acids is 1. The van der Waals surface area contributed by atoms with Gasteiger partial charge in [0.05, 0.1) is 20.0 Å². The largest absolute Gasteiger partial charge is 0.337 e. The summed E-state index contributed by atoms with van der Waals surface area (Å²) in [6.07, 6.45) is 0.856. The Morgan fingerprint density at radius 2 is 2.00 bits per heavy atom. The second-order valence-corrected chi connectivity index (χ2v) is 9.38. The van der Waals surface area contributed by atoms with E-state index in [0.717, 1.165) is 33.2 Å². The summed E-state index contributed by atoms with van der Waals surface area (Å²) in [7, 11) is 0. The minimum Gasteiger partial charge on any atom is -0.337 e. The highest BCUT2D eigenvalue weighted by atomic mass is 35.5. The number of nitrogens with zero attached hydrogens (tertiary/aromatic N) is 2. The first-order valence-corrected chi connectivity index (χ1v) is 10.1. The van der Waals surface area contributed by atoms with Crippen molar-refractivity contribution >= 4 is 51.2 Å². The molecule has 3 aromatic rings. The van der Waals surface area contributed by atoms with Crippen LogP contribution >= 0.6 is 35.1 Å². The summed E-state index contributed by atoms with van der Waals surface area (Å²) in [5.74, 6) is 0.109. The molecule has 0 spiro atoms. The highest BCUT2D eigenvalue weighted by Crippen LogP contribution is 2.35. The van der Waals surface area contributed by atoms with E-state index in [4.69, 9.17) is 5.73 Å². The summed E-state index contributed by atoms with van der Waals surface area (Å²) >= 11 is 3.20. The number of rotatable bonds is 2. The average Bonchev–Trinajstić information content (AvgIpc) is 3.22. The first-order chi connectivity index (χ1) is 11.9. The van der Waals surface area contributed by atoms with E-state index in [1.165, 1.54) is 16.0 Å². The van der Waals surface area contributed by atoms with Gasteiger partial charge in [0.15, 0.2) is 0 Å². The Labute approximate surface area is 167 Å². The van der Waals surface area contributed by atoms with Gasteiger partial charge in [0.25, 0.3) is 5.91 Å². The van der Waals surface area contributed by atoms with Gasteiger partial charge >= 0.3 is 0 Å². The summed E-state index contributed by atoms with van der Waals surface area (Å²) < 4.78 is 1.17. The number of aromatic nitrogens is 1. The molecule has 0 saturated carbocycles. The normalized spacial score (nSPS) is 19.3. The second kappa shape index (κ2) is 7.27. The summed E-state index contributed by atoms with van der Waals surface area (Å²) in [5, 5.41) is 0.978. The zero-order chi connectivity index (χ0) is 17.6. The lowest BCUT2D eigenvalue weighted by Gasteiger charge is -2.42. The third kappa shape index (κ3) is 3.51. The van der Waals surface area contributed by atoms with Crippen LogP contribution in [0.3, 0.4) is 0 Å². The van der Waals surface area contributed by atoms with Crippen molar-refractivity contribution in [1.82, 2.24) is 9.88 Å². The van der Waals surface area contributed by atoms with Crippen molar-refractivity contribution in [2.45, 2.75) is 26.3 Å². The van der Waals surface area contributed by atoms with E-state index >= 15 is 0 Å². The van der Waals surface area contributed by atoms with Crippen LogP contribution in [0.4, 0.5) is 0 Å². The van der Waals surface area contributed by atoms with E-state index in [9.17, 15) is 4.79 Å². The minimum absolute atomic E-state index is 0. The maximum Gasteiger partial charge on any atom is 0.263 e. The number of hydrogen-bond donors (Lipinski definition) is 1. The summed E-state index contributed by atoms with van der Waals surface area (Å²) in [5.41, 5.74) is 7.16. The molecule has 0 bridgehead atoms. The lowest BCUT2D eigenvalue weighted by Crippen LogP contribution is -2.53. The van der Waals surface area contributed by atoms with Crippen LogP contribution in [-0.2, 0) is 0 Å². The van der Waals surface area contributed by atoms with Gasteiger partial charge in [-0.05, 0) is 36.1 Å². The number of carbonyl (C=O) groups is 1. The first kappa shape index (κ1) is 19.3. The van der Waals surface area contributed by atoms with Crippen LogP contribution in [0.1, 0.15) is 29.9 Å². The Morgan fingerprint density at radius 1 is 1.23 bits per heavy atom. The Kier molecular flexibility index (Phi) is 5.40. The topological polar surface area (TPSA) is 59.2 Å². The molecule has 4 nitrogen and oxygen atoms in total. The third-order valence-electron chi connectivity index (χ3n) is 4.92. The van der Waals surface area contributed by atoms with Gasteiger partial charge in [-0.2, -0.15) is 0 Å². The van der Waals surface area contributed by atoms with E-state index in [1.54, 1.807) is 11.3 Å². The SMILES string of the molecule is CC1(C)CN(C(=O)c2ccc(-c3nc4ccccc4s3)s2)CCC1N.Cl. The van der Waals surface area contributed by atoms with Crippen molar-refractivity contribution in [3.8, 4) is 9.88 Å². The lowest BCUT2D eigenvalue weighted by atomic mass is 9.79. The number of nitrogens with two attached hydrogens (primary N) is 1. The number of hydrogen-bond acceptors (Lipinski definition) is 5. The monoisotopic (exact) mass is 407 g/mol. The molecule has 1 atom stereocenters. The molecule has 2 N–H and O–H groups in total. The molecule has 7 heteroatoms. The van der Waals surface area contributed by atoms with Gasteiger partial charge in [-0.1, -0.05) is 26.0 Å². The van der Waals surface area contributed by atoms with E-state index in [0.29, 0.717) is 6.54 Å². The molecule has 1 fully saturated rings. The first-order valence-electron chi connectivity index (χ1n) is 8.45. The lowest BCUT2D eigenvalue weighted by molar-refractivity contribution is 0.0537. The van der Waals surface area contributed by atoms with Gasteiger partial charge < -0.3 is 10.6 Å². The van der Waals surface area contributed by atoms with Crippen molar-refractivity contribution in [2.24, 2.45) is 11.1 Å². The zero-order valence-corrected chi connectivity index (χ0v) is 17.2.